The molecule has 0 saturated heterocycles. The van der Waals surface area contributed by atoms with Crippen LogP contribution in [0.5, 0.6) is 0 Å². The summed E-state index contributed by atoms with van der Waals surface area (Å²) in [7, 11) is 0. The van der Waals surface area contributed by atoms with Crippen LogP contribution >= 0.6 is 0 Å². The summed E-state index contributed by atoms with van der Waals surface area (Å²) in [6.45, 7) is 4.02. The van der Waals surface area contributed by atoms with Gasteiger partial charge in [-0.25, -0.2) is 0 Å². The van der Waals surface area contributed by atoms with Gasteiger partial charge in [0, 0.05) is 12.6 Å². The van der Waals surface area contributed by atoms with Gasteiger partial charge in [0.25, 0.3) is 0 Å². The number of amides is 1. The number of aryl methyl sites for hydroxylation is 1. The van der Waals surface area contributed by atoms with Gasteiger partial charge in [-0.05, 0) is 25.0 Å². The lowest BCUT2D eigenvalue weighted by Gasteiger charge is -2.04. The monoisotopic (exact) mass is 192 g/mol. The van der Waals surface area contributed by atoms with E-state index in [9.17, 15) is 4.79 Å². The SMILES string of the molecule is CCCCC(=O)Nc1cncc(C)c1. The molecule has 1 aromatic heterocycles. The number of rotatable bonds is 4. The molecule has 0 aliphatic rings. The van der Waals surface area contributed by atoms with E-state index in [2.05, 4.69) is 17.2 Å². The lowest BCUT2D eigenvalue weighted by Crippen LogP contribution is -2.11. The van der Waals surface area contributed by atoms with Gasteiger partial charge in [-0.3, -0.25) is 9.78 Å². The smallest absolute Gasteiger partial charge is 0.224 e. The molecule has 0 radical (unpaired) electrons. The van der Waals surface area contributed by atoms with Gasteiger partial charge in [0.2, 0.25) is 5.91 Å². The molecular weight excluding hydrogens is 176 g/mol. The molecule has 0 unspecified atom stereocenters. The summed E-state index contributed by atoms with van der Waals surface area (Å²) in [5.74, 6) is 0.0688. The van der Waals surface area contributed by atoms with Crippen molar-refractivity contribution in [1.29, 1.82) is 0 Å². The Bertz CT molecular complexity index is 310. The number of nitrogens with zero attached hydrogens (tertiary/aromatic N) is 1. The molecule has 0 aliphatic carbocycles. The van der Waals surface area contributed by atoms with E-state index in [4.69, 9.17) is 0 Å². The molecule has 0 bridgehead atoms. The first kappa shape index (κ1) is 10.7. The van der Waals surface area contributed by atoms with Crippen LogP contribution in [-0.2, 0) is 4.79 Å². The van der Waals surface area contributed by atoms with Gasteiger partial charge in [0.05, 0.1) is 11.9 Å². The summed E-state index contributed by atoms with van der Waals surface area (Å²) in [4.78, 5) is 15.3. The lowest BCUT2D eigenvalue weighted by molar-refractivity contribution is -0.116. The van der Waals surface area contributed by atoms with E-state index in [1.165, 1.54) is 0 Å². The van der Waals surface area contributed by atoms with Crippen molar-refractivity contribution in [3.63, 3.8) is 0 Å². The summed E-state index contributed by atoms with van der Waals surface area (Å²) in [6, 6.07) is 1.91. The van der Waals surface area contributed by atoms with Crippen LogP contribution in [-0.4, -0.2) is 10.9 Å². The third-order valence-electron chi connectivity index (χ3n) is 1.92. The van der Waals surface area contributed by atoms with E-state index in [1.54, 1.807) is 12.4 Å². The second-order valence-corrected chi connectivity index (χ2v) is 3.40. The molecule has 0 aliphatic heterocycles. The summed E-state index contributed by atoms with van der Waals surface area (Å²) in [5.41, 5.74) is 1.84. The number of aromatic nitrogens is 1. The van der Waals surface area contributed by atoms with E-state index >= 15 is 0 Å². The van der Waals surface area contributed by atoms with Crippen molar-refractivity contribution in [2.24, 2.45) is 0 Å². The number of carbonyl (C=O) groups excluding carboxylic acids is 1. The fourth-order valence-electron chi connectivity index (χ4n) is 1.18. The average molecular weight is 192 g/mol. The van der Waals surface area contributed by atoms with Crippen molar-refractivity contribution in [2.75, 3.05) is 5.32 Å². The molecule has 0 atom stereocenters. The molecule has 1 aromatic rings. The van der Waals surface area contributed by atoms with Crippen LogP contribution in [0.15, 0.2) is 18.5 Å². The Morgan fingerprint density at radius 2 is 2.29 bits per heavy atom. The van der Waals surface area contributed by atoms with Crippen molar-refractivity contribution in [3.05, 3.63) is 24.0 Å². The molecule has 1 rings (SSSR count). The van der Waals surface area contributed by atoms with Crippen LogP contribution in [0.4, 0.5) is 5.69 Å². The Morgan fingerprint density at radius 1 is 1.50 bits per heavy atom. The first-order chi connectivity index (χ1) is 6.72. The van der Waals surface area contributed by atoms with E-state index < -0.39 is 0 Å². The van der Waals surface area contributed by atoms with Crippen LogP contribution in [0.2, 0.25) is 0 Å². The third kappa shape index (κ3) is 3.56. The van der Waals surface area contributed by atoms with E-state index in [1.807, 2.05) is 13.0 Å². The minimum absolute atomic E-state index is 0.0688. The molecule has 1 amide bonds. The van der Waals surface area contributed by atoms with Gasteiger partial charge < -0.3 is 5.32 Å². The molecule has 0 aromatic carbocycles. The van der Waals surface area contributed by atoms with Gasteiger partial charge in [-0.1, -0.05) is 13.3 Å². The number of pyridine rings is 1. The van der Waals surface area contributed by atoms with E-state index in [-0.39, 0.29) is 5.91 Å². The first-order valence-electron chi connectivity index (χ1n) is 4.94. The summed E-state index contributed by atoms with van der Waals surface area (Å²) in [5, 5.41) is 2.82. The third-order valence-corrected chi connectivity index (χ3v) is 1.92. The maximum atomic E-state index is 11.3. The molecule has 76 valence electrons. The number of nitrogens with one attached hydrogen (secondary N) is 1. The molecule has 3 nitrogen and oxygen atoms in total. The minimum Gasteiger partial charge on any atom is -0.325 e. The van der Waals surface area contributed by atoms with Crippen molar-refractivity contribution in [2.45, 2.75) is 33.1 Å². The van der Waals surface area contributed by atoms with E-state index in [0.717, 1.165) is 24.1 Å². The number of hydrogen-bond donors (Lipinski definition) is 1. The largest absolute Gasteiger partial charge is 0.325 e. The first-order valence-corrected chi connectivity index (χ1v) is 4.94. The molecule has 14 heavy (non-hydrogen) atoms. The van der Waals surface area contributed by atoms with Gasteiger partial charge in [0.1, 0.15) is 0 Å². The Labute approximate surface area is 84.6 Å². The second-order valence-electron chi connectivity index (χ2n) is 3.40. The van der Waals surface area contributed by atoms with Crippen LogP contribution in [0, 0.1) is 6.92 Å². The zero-order valence-corrected chi connectivity index (χ0v) is 8.71. The maximum Gasteiger partial charge on any atom is 0.224 e. The quantitative estimate of drug-likeness (QED) is 0.796. The molecular formula is C11H16N2O. The van der Waals surface area contributed by atoms with Crippen LogP contribution in [0.1, 0.15) is 31.7 Å². The van der Waals surface area contributed by atoms with Gasteiger partial charge in [-0.2, -0.15) is 0 Å². The Kier molecular flexibility index (Phi) is 4.11. The Balaban J connectivity index is 2.47. The van der Waals surface area contributed by atoms with E-state index in [0.29, 0.717) is 6.42 Å². The summed E-state index contributed by atoms with van der Waals surface area (Å²) < 4.78 is 0. The summed E-state index contributed by atoms with van der Waals surface area (Å²) >= 11 is 0. The fourth-order valence-corrected chi connectivity index (χ4v) is 1.18. The number of anilines is 1. The Morgan fingerprint density at radius 3 is 2.93 bits per heavy atom. The van der Waals surface area contributed by atoms with Crippen molar-refractivity contribution >= 4 is 11.6 Å². The fraction of sp³-hybridized carbons (Fsp3) is 0.455. The van der Waals surface area contributed by atoms with Gasteiger partial charge in [-0.15, -0.1) is 0 Å². The van der Waals surface area contributed by atoms with Crippen LogP contribution < -0.4 is 5.32 Å². The van der Waals surface area contributed by atoms with Crippen molar-refractivity contribution in [3.8, 4) is 0 Å². The molecule has 3 heteroatoms. The highest BCUT2D eigenvalue weighted by Crippen LogP contribution is 2.08. The maximum absolute atomic E-state index is 11.3. The van der Waals surface area contributed by atoms with Crippen molar-refractivity contribution in [1.82, 2.24) is 4.98 Å². The van der Waals surface area contributed by atoms with Crippen LogP contribution in [0.3, 0.4) is 0 Å². The topological polar surface area (TPSA) is 42.0 Å². The highest BCUT2D eigenvalue weighted by Gasteiger charge is 2.01. The molecule has 1 heterocycles. The lowest BCUT2D eigenvalue weighted by atomic mass is 10.2. The number of hydrogen-bond acceptors (Lipinski definition) is 2. The van der Waals surface area contributed by atoms with Crippen molar-refractivity contribution < 1.29 is 4.79 Å². The van der Waals surface area contributed by atoms with Crippen LogP contribution in [0.25, 0.3) is 0 Å². The van der Waals surface area contributed by atoms with Gasteiger partial charge >= 0.3 is 0 Å². The highest BCUT2D eigenvalue weighted by molar-refractivity contribution is 5.90. The number of carbonyl (C=O) groups is 1. The second kappa shape index (κ2) is 5.37. The standard InChI is InChI=1S/C11H16N2O/c1-3-4-5-11(14)13-10-6-9(2)7-12-8-10/h6-8H,3-5H2,1-2H3,(H,13,14). The average Bonchev–Trinajstić information content (AvgIpc) is 2.15. The molecule has 0 saturated carbocycles. The zero-order valence-electron chi connectivity index (χ0n) is 8.71. The summed E-state index contributed by atoms with van der Waals surface area (Å²) in [6.07, 6.45) is 5.99. The number of unbranched alkanes of at least 4 members (excludes halogenated alkanes) is 1. The zero-order chi connectivity index (χ0) is 10.4. The normalized spacial score (nSPS) is 9.86. The molecule has 1 N–H and O–H groups in total. The molecule has 0 fully saturated rings. The predicted molar refractivity (Wildman–Crippen MR) is 57.1 cm³/mol. The minimum atomic E-state index is 0.0688. The van der Waals surface area contributed by atoms with Gasteiger partial charge in [0.15, 0.2) is 0 Å². The highest BCUT2D eigenvalue weighted by atomic mass is 16.1. The predicted octanol–water partition coefficient (Wildman–Crippen LogP) is 2.52. The molecule has 0 spiro atoms. The Hall–Kier alpha value is -1.38.